The molecule has 1 aliphatic rings. The fraction of sp³-hybridized carbons (Fsp3) is 0.259. The Kier molecular flexibility index (Phi) is 7.38. The van der Waals surface area contributed by atoms with Crippen molar-refractivity contribution in [2.24, 2.45) is 0 Å². The highest BCUT2D eigenvalue weighted by Gasteiger charge is 2.15. The van der Waals surface area contributed by atoms with Gasteiger partial charge in [0, 0.05) is 22.3 Å². The first-order valence-electron chi connectivity index (χ1n) is 12.0. The summed E-state index contributed by atoms with van der Waals surface area (Å²) in [5.41, 5.74) is 3.40. The van der Waals surface area contributed by atoms with Gasteiger partial charge in [0.25, 0.3) is 5.91 Å². The summed E-state index contributed by atoms with van der Waals surface area (Å²) in [5, 5.41) is 18.8. The maximum atomic E-state index is 13.1. The Morgan fingerprint density at radius 2 is 1.60 bits per heavy atom. The highest BCUT2D eigenvalue weighted by molar-refractivity contribution is 7.98. The molecule has 0 spiro atoms. The molecule has 5 rings (SSSR count). The van der Waals surface area contributed by atoms with Gasteiger partial charge in [-0.05, 0) is 71.8 Å². The largest absolute Gasteiger partial charge is 0.382 e. The summed E-state index contributed by atoms with van der Waals surface area (Å²) in [7, 11) is 0. The van der Waals surface area contributed by atoms with E-state index in [1.807, 2.05) is 78.9 Å². The Bertz CT molecular complexity index is 1250. The summed E-state index contributed by atoms with van der Waals surface area (Å²) in [4.78, 5) is 14.0. The number of anilines is 2. The Morgan fingerprint density at radius 1 is 0.886 bits per heavy atom. The number of para-hydroxylation sites is 1. The third-order valence-electron chi connectivity index (χ3n) is 6.14. The van der Waals surface area contributed by atoms with Crippen LogP contribution in [-0.4, -0.2) is 32.2 Å². The molecule has 2 N–H and O–H groups in total. The lowest BCUT2D eigenvalue weighted by atomic mass is 9.95. The molecule has 0 atom stereocenters. The van der Waals surface area contributed by atoms with Crippen molar-refractivity contribution in [3.63, 3.8) is 0 Å². The van der Waals surface area contributed by atoms with E-state index in [2.05, 4.69) is 26.2 Å². The Labute approximate surface area is 209 Å². The maximum absolute atomic E-state index is 13.1. The quantitative estimate of drug-likeness (QED) is 0.301. The van der Waals surface area contributed by atoms with Crippen molar-refractivity contribution in [1.82, 2.24) is 20.2 Å². The van der Waals surface area contributed by atoms with Crippen molar-refractivity contribution in [2.45, 2.75) is 48.8 Å². The fourth-order valence-electron chi connectivity index (χ4n) is 4.32. The van der Waals surface area contributed by atoms with Crippen LogP contribution in [0.5, 0.6) is 0 Å². The van der Waals surface area contributed by atoms with E-state index < -0.39 is 0 Å². The number of hydrogen-bond donors (Lipinski definition) is 2. The van der Waals surface area contributed by atoms with Crippen molar-refractivity contribution >= 4 is 29.0 Å². The van der Waals surface area contributed by atoms with Crippen molar-refractivity contribution in [1.29, 1.82) is 0 Å². The van der Waals surface area contributed by atoms with Gasteiger partial charge in [0.05, 0.1) is 17.0 Å². The maximum Gasteiger partial charge on any atom is 0.256 e. The van der Waals surface area contributed by atoms with Crippen LogP contribution in [-0.2, 0) is 5.75 Å². The van der Waals surface area contributed by atoms with E-state index in [1.54, 1.807) is 16.4 Å². The molecule has 7 nitrogen and oxygen atoms in total. The second-order valence-electron chi connectivity index (χ2n) is 8.64. The minimum atomic E-state index is -0.135. The Balaban J connectivity index is 1.23. The number of thioether (sulfide) groups is 1. The number of rotatable bonds is 8. The Morgan fingerprint density at radius 3 is 2.40 bits per heavy atom. The third kappa shape index (κ3) is 5.89. The van der Waals surface area contributed by atoms with Gasteiger partial charge >= 0.3 is 0 Å². The van der Waals surface area contributed by atoms with E-state index >= 15 is 0 Å². The van der Waals surface area contributed by atoms with Gasteiger partial charge in [0.1, 0.15) is 0 Å². The molecular weight excluding hydrogens is 456 g/mol. The summed E-state index contributed by atoms with van der Waals surface area (Å²) in [6, 6.07) is 25.9. The van der Waals surface area contributed by atoms with Gasteiger partial charge < -0.3 is 10.6 Å². The fourth-order valence-corrected chi connectivity index (χ4v) is 5.27. The second kappa shape index (κ2) is 11.2. The number of carbonyl (C=O) groups excluding carboxylic acids is 1. The minimum Gasteiger partial charge on any atom is -0.382 e. The lowest BCUT2D eigenvalue weighted by Gasteiger charge is -2.23. The van der Waals surface area contributed by atoms with Crippen LogP contribution in [0.15, 0.2) is 83.8 Å². The standard InChI is InChI=1S/C27H28N6OS/c34-27(29-22-17-15-21(16-18-22)28-20-9-3-1-4-10-20)24-13-7-8-14-25(24)35-19-26-30-31-32-33(26)23-11-5-2-6-12-23/h2,5-8,11-18,20,28H,1,3-4,9-10,19H2,(H,29,34). The summed E-state index contributed by atoms with van der Waals surface area (Å²) in [6.45, 7) is 0. The molecule has 1 aromatic heterocycles. The van der Waals surface area contributed by atoms with Crippen LogP contribution in [0.25, 0.3) is 5.69 Å². The first kappa shape index (κ1) is 23.1. The predicted molar refractivity (Wildman–Crippen MR) is 140 cm³/mol. The zero-order valence-corrected chi connectivity index (χ0v) is 20.2. The number of amides is 1. The van der Waals surface area contributed by atoms with E-state index in [0.29, 0.717) is 17.4 Å². The zero-order chi connectivity index (χ0) is 23.9. The molecule has 1 aliphatic carbocycles. The molecule has 0 unspecified atom stereocenters. The van der Waals surface area contributed by atoms with Gasteiger partial charge in [0.2, 0.25) is 0 Å². The normalized spacial score (nSPS) is 13.9. The van der Waals surface area contributed by atoms with Gasteiger partial charge in [0.15, 0.2) is 5.82 Å². The van der Waals surface area contributed by atoms with Gasteiger partial charge in [-0.3, -0.25) is 4.79 Å². The zero-order valence-electron chi connectivity index (χ0n) is 19.4. The molecule has 0 aliphatic heterocycles. The van der Waals surface area contributed by atoms with Crippen LogP contribution in [0.3, 0.4) is 0 Å². The van der Waals surface area contributed by atoms with E-state index in [1.165, 1.54) is 32.1 Å². The van der Waals surface area contributed by atoms with Crippen LogP contribution in [0.4, 0.5) is 11.4 Å². The van der Waals surface area contributed by atoms with Gasteiger partial charge in [-0.2, -0.15) is 4.68 Å². The summed E-state index contributed by atoms with van der Waals surface area (Å²) in [6.07, 6.45) is 6.39. The third-order valence-corrected chi connectivity index (χ3v) is 7.21. The first-order valence-corrected chi connectivity index (χ1v) is 13.0. The summed E-state index contributed by atoms with van der Waals surface area (Å²) >= 11 is 1.54. The molecule has 35 heavy (non-hydrogen) atoms. The number of hydrogen-bond acceptors (Lipinski definition) is 6. The molecule has 1 saturated carbocycles. The SMILES string of the molecule is O=C(Nc1ccc(NC2CCCCC2)cc1)c1ccccc1SCc1nnnn1-c1ccccc1. The lowest BCUT2D eigenvalue weighted by Crippen LogP contribution is -2.22. The molecular formula is C27H28N6OS. The molecule has 3 aromatic carbocycles. The van der Waals surface area contributed by atoms with Crippen molar-refractivity contribution in [2.75, 3.05) is 10.6 Å². The van der Waals surface area contributed by atoms with Crippen LogP contribution in [0.2, 0.25) is 0 Å². The Hall–Kier alpha value is -3.65. The van der Waals surface area contributed by atoms with E-state index in [4.69, 9.17) is 0 Å². The molecule has 1 heterocycles. The summed E-state index contributed by atoms with van der Waals surface area (Å²) in [5.74, 6) is 1.12. The lowest BCUT2D eigenvalue weighted by molar-refractivity contribution is 0.102. The van der Waals surface area contributed by atoms with Crippen molar-refractivity contribution < 1.29 is 4.79 Å². The number of nitrogens with zero attached hydrogens (tertiary/aromatic N) is 4. The minimum absolute atomic E-state index is 0.135. The van der Waals surface area contributed by atoms with Crippen molar-refractivity contribution in [3.05, 3.63) is 90.3 Å². The smallest absolute Gasteiger partial charge is 0.256 e. The van der Waals surface area contributed by atoms with Gasteiger partial charge in [-0.1, -0.05) is 49.6 Å². The number of nitrogens with one attached hydrogen (secondary N) is 2. The molecule has 178 valence electrons. The number of benzene rings is 3. The second-order valence-corrected chi connectivity index (χ2v) is 9.66. The van der Waals surface area contributed by atoms with Crippen LogP contribution >= 0.6 is 11.8 Å². The topological polar surface area (TPSA) is 84.7 Å². The molecule has 4 aromatic rings. The number of carbonyl (C=O) groups is 1. The van der Waals surface area contributed by atoms with E-state index in [9.17, 15) is 4.79 Å². The number of aromatic nitrogens is 4. The van der Waals surface area contributed by atoms with E-state index in [-0.39, 0.29) is 5.91 Å². The van der Waals surface area contributed by atoms with Gasteiger partial charge in [-0.25, -0.2) is 0 Å². The number of tetrazole rings is 1. The molecule has 0 saturated heterocycles. The van der Waals surface area contributed by atoms with Crippen LogP contribution in [0.1, 0.15) is 48.3 Å². The van der Waals surface area contributed by atoms with Crippen LogP contribution < -0.4 is 10.6 Å². The molecule has 0 bridgehead atoms. The highest BCUT2D eigenvalue weighted by atomic mass is 32.2. The van der Waals surface area contributed by atoms with E-state index in [0.717, 1.165) is 27.8 Å². The highest BCUT2D eigenvalue weighted by Crippen LogP contribution is 2.27. The average Bonchev–Trinajstić information content (AvgIpc) is 3.39. The molecule has 1 fully saturated rings. The van der Waals surface area contributed by atoms with Gasteiger partial charge in [-0.15, -0.1) is 16.9 Å². The summed E-state index contributed by atoms with van der Waals surface area (Å²) < 4.78 is 1.72. The van der Waals surface area contributed by atoms with Crippen LogP contribution in [0, 0.1) is 0 Å². The molecule has 8 heteroatoms. The first-order chi connectivity index (χ1) is 17.3. The molecule has 1 amide bonds. The predicted octanol–water partition coefficient (Wildman–Crippen LogP) is 5.95. The monoisotopic (exact) mass is 484 g/mol. The van der Waals surface area contributed by atoms with Crippen molar-refractivity contribution in [3.8, 4) is 5.69 Å². The molecule has 0 radical (unpaired) electrons. The average molecular weight is 485 g/mol.